The van der Waals surface area contributed by atoms with E-state index < -0.39 is 0 Å². The van der Waals surface area contributed by atoms with Crippen LogP contribution in [0.3, 0.4) is 0 Å². The van der Waals surface area contributed by atoms with Gasteiger partial charge in [0.2, 0.25) is 0 Å². The van der Waals surface area contributed by atoms with Crippen LogP contribution in [-0.4, -0.2) is 29.1 Å². The van der Waals surface area contributed by atoms with Crippen molar-refractivity contribution in [1.82, 2.24) is 15.5 Å². The van der Waals surface area contributed by atoms with E-state index in [-0.39, 0.29) is 11.7 Å². The Hall–Kier alpha value is -2.37. The molecule has 0 radical (unpaired) electrons. The average molecular weight is 258 g/mol. The largest absolute Gasteiger partial charge is 0.384 e. The van der Waals surface area contributed by atoms with Gasteiger partial charge in [-0.2, -0.15) is 4.98 Å². The van der Waals surface area contributed by atoms with E-state index in [4.69, 9.17) is 4.52 Å². The molecule has 1 aromatic carbocycles. The molecule has 6 nitrogen and oxygen atoms in total. The minimum Gasteiger partial charge on any atom is -0.384 e. The summed E-state index contributed by atoms with van der Waals surface area (Å²) in [4.78, 5) is 15.7. The maximum absolute atomic E-state index is 11.6. The number of benzene rings is 1. The smallest absolute Gasteiger partial charge is 0.292 e. The van der Waals surface area contributed by atoms with Crippen LogP contribution in [0.4, 0.5) is 5.69 Å². The lowest BCUT2D eigenvalue weighted by Gasteiger charge is -2.00. The molecule has 2 aromatic rings. The fraction of sp³-hybridized carbons (Fsp3) is 0.308. The van der Waals surface area contributed by atoms with Gasteiger partial charge in [0.1, 0.15) is 0 Å². The average Bonchev–Trinajstić information content (AvgIpc) is 3.07. The molecule has 2 N–H and O–H groups in total. The summed E-state index contributed by atoms with van der Waals surface area (Å²) < 4.78 is 5.13. The van der Waals surface area contributed by atoms with Crippen molar-refractivity contribution in [1.29, 1.82) is 0 Å². The summed E-state index contributed by atoms with van der Waals surface area (Å²) in [6.07, 6.45) is 1.03. The van der Waals surface area contributed by atoms with Gasteiger partial charge in [-0.05, 0) is 31.0 Å². The second-order valence-electron chi connectivity index (χ2n) is 4.33. The van der Waals surface area contributed by atoms with E-state index in [1.54, 1.807) is 0 Å². The van der Waals surface area contributed by atoms with Crippen LogP contribution in [0.15, 0.2) is 22.7 Å². The molecule has 0 saturated carbocycles. The minimum atomic E-state index is -0.322. The number of anilines is 1. The highest BCUT2D eigenvalue weighted by atomic mass is 16.5. The number of aromatic nitrogens is 2. The van der Waals surface area contributed by atoms with Gasteiger partial charge < -0.3 is 15.2 Å². The topological polar surface area (TPSA) is 80.0 Å². The van der Waals surface area contributed by atoms with Crippen LogP contribution in [-0.2, 0) is 6.42 Å². The first kappa shape index (κ1) is 11.7. The molecule has 2 heterocycles. The van der Waals surface area contributed by atoms with E-state index in [1.807, 2.05) is 25.1 Å². The first-order valence-corrected chi connectivity index (χ1v) is 6.27. The van der Waals surface area contributed by atoms with Crippen LogP contribution in [0.5, 0.6) is 0 Å². The Balaban J connectivity index is 1.88. The zero-order valence-electron chi connectivity index (χ0n) is 10.6. The van der Waals surface area contributed by atoms with Crippen molar-refractivity contribution in [2.75, 3.05) is 18.4 Å². The summed E-state index contributed by atoms with van der Waals surface area (Å²) in [5.41, 5.74) is 3.19. The Morgan fingerprint density at radius 2 is 2.42 bits per heavy atom. The van der Waals surface area contributed by atoms with Gasteiger partial charge in [0.05, 0.1) is 0 Å². The highest BCUT2D eigenvalue weighted by Gasteiger charge is 2.17. The number of rotatable bonds is 3. The lowest BCUT2D eigenvalue weighted by atomic mass is 10.1. The molecule has 6 heteroatoms. The van der Waals surface area contributed by atoms with Gasteiger partial charge >= 0.3 is 0 Å². The summed E-state index contributed by atoms with van der Waals surface area (Å²) in [6.45, 7) is 3.32. The Kier molecular flexibility index (Phi) is 2.91. The van der Waals surface area contributed by atoms with Crippen molar-refractivity contribution in [2.24, 2.45) is 0 Å². The van der Waals surface area contributed by atoms with Crippen LogP contribution in [0.25, 0.3) is 11.5 Å². The van der Waals surface area contributed by atoms with E-state index in [0.717, 1.165) is 24.2 Å². The van der Waals surface area contributed by atoms with Crippen LogP contribution in [0, 0.1) is 0 Å². The van der Waals surface area contributed by atoms with Gasteiger partial charge in [-0.1, -0.05) is 11.2 Å². The molecular weight excluding hydrogens is 244 g/mol. The molecule has 0 bridgehead atoms. The molecule has 0 spiro atoms. The van der Waals surface area contributed by atoms with Crippen molar-refractivity contribution < 1.29 is 9.32 Å². The van der Waals surface area contributed by atoms with Gasteiger partial charge in [0, 0.05) is 24.3 Å². The van der Waals surface area contributed by atoms with Crippen molar-refractivity contribution >= 4 is 11.6 Å². The quantitative estimate of drug-likeness (QED) is 0.871. The Morgan fingerprint density at radius 3 is 3.26 bits per heavy atom. The predicted molar refractivity (Wildman–Crippen MR) is 69.9 cm³/mol. The van der Waals surface area contributed by atoms with E-state index in [0.29, 0.717) is 12.4 Å². The number of hydrogen-bond acceptors (Lipinski definition) is 5. The summed E-state index contributed by atoms with van der Waals surface area (Å²) in [7, 11) is 0. The van der Waals surface area contributed by atoms with Gasteiger partial charge in [-0.25, -0.2) is 0 Å². The molecule has 19 heavy (non-hydrogen) atoms. The van der Waals surface area contributed by atoms with Crippen LogP contribution in [0.1, 0.15) is 23.1 Å². The minimum absolute atomic E-state index is 0.0605. The predicted octanol–water partition coefficient (Wildman–Crippen LogP) is 1.45. The van der Waals surface area contributed by atoms with Crippen LogP contribution >= 0.6 is 0 Å². The fourth-order valence-electron chi connectivity index (χ4n) is 2.10. The van der Waals surface area contributed by atoms with Crippen LogP contribution in [0.2, 0.25) is 0 Å². The van der Waals surface area contributed by atoms with Gasteiger partial charge in [0.25, 0.3) is 17.6 Å². The normalized spacial score (nSPS) is 12.9. The second kappa shape index (κ2) is 4.72. The van der Waals surface area contributed by atoms with Crippen molar-refractivity contribution in [3.8, 4) is 11.5 Å². The Morgan fingerprint density at radius 1 is 1.53 bits per heavy atom. The van der Waals surface area contributed by atoms with Crippen molar-refractivity contribution in [3.05, 3.63) is 29.6 Å². The molecule has 98 valence electrons. The third-order valence-electron chi connectivity index (χ3n) is 3.03. The number of carbonyl (C=O) groups excluding carboxylic acids is 1. The number of carbonyl (C=O) groups is 1. The van der Waals surface area contributed by atoms with E-state index in [2.05, 4.69) is 20.8 Å². The standard InChI is InChI=1S/C13H14N4O2/c1-2-14-12(18)11-16-13(19-17-11)9-4-3-8-5-6-15-10(8)7-9/h3-4,7,15H,2,5-6H2,1H3,(H,14,18). The zero-order valence-corrected chi connectivity index (χ0v) is 10.6. The SMILES string of the molecule is CCNC(=O)c1noc(-c2ccc3c(c2)NCC3)n1. The molecular formula is C13H14N4O2. The molecule has 0 saturated heterocycles. The van der Waals surface area contributed by atoms with Gasteiger partial charge in [-0.15, -0.1) is 0 Å². The van der Waals surface area contributed by atoms with E-state index in [9.17, 15) is 4.79 Å². The highest BCUT2D eigenvalue weighted by molar-refractivity contribution is 5.90. The van der Waals surface area contributed by atoms with Crippen LogP contribution < -0.4 is 10.6 Å². The fourth-order valence-corrected chi connectivity index (χ4v) is 2.10. The molecule has 3 rings (SSSR count). The summed E-state index contributed by atoms with van der Waals surface area (Å²) in [6, 6.07) is 5.94. The number of nitrogens with zero attached hydrogens (tertiary/aromatic N) is 2. The maximum Gasteiger partial charge on any atom is 0.292 e. The number of fused-ring (bicyclic) bond motifs is 1. The van der Waals surface area contributed by atoms with Gasteiger partial charge in [-0.3, -0.25) is 4.79 Å². The zero-order chi connectivity index (χ0) is 13.2. The number of amides is 1. The molecule has 0 fully saturated rings. The summed E-state index contributed by atoms with van der Waals surface area (Å²) in [5, 5.41) is 9.61. The molecule has 0 unspecified atom stereocenters. The van der Waals surface area contributed by atoms with E-state index in [1.165, 1.54) is 5.56 Å². The molecule has 0 atom stereocenters. The first-order chi connectivity index (χ1) is 9.28. The second-order valence-corrected chi connectivity index (χ2v) is 4.33. The monoisotopic (exact) mass is 258 g/mol. The molecule has 1 aliphatic heterocycles. The Labute approximate surface area is 110 Å². The first-order valence-electron chi connectivity index (χ1n) is 6.27. The number of hydrogen-bond donors (Lipinski definition) is 2. The number of nitrogens with one attached hydrogen (secondary N) is 2. The molecule has 1 amide bonds. The highest BCUT2D eigenvalue weighted by Crippen LogP contribution is 2.27. The lowest BCUT2D eigenvalue weighted by Crippen LogP contribution is -2.23. The molecule has 0 aliphatic carbocycles. The van der Waals surface area contributed by atoms with Gasteiger partial charge in [0.15, 0.2) is 0 Å². The molecule has 1 aromatic heterocycles. The van der Waals surface area contributed by atoms with Crippen molar-refractivity contribution in [2.45, 2.75) is 13.3 Å². The van der Waals surface area contributed by atoms with Crippen molar-refractivity contribution in [3.63, 3.8) is 0 Å². The lowest BCUT2D eigenvalue weighted by molar-refractivity contribution is 0.0942. The maximum atomic E-state index is 11.6. The third-order valence-corrected chi connectivity index (χ3v) is 3.03. The summed E-state index contributed by atoms with van der Waals surface area (Å²) in [5.74, 6) is 0.0971. The summed E-state index contributed by atoms with van der Waals surface area (Å²) >= 11 is 0. The third kappa shape index (κ3) is 2.16. The van der Waals surface area contributed by atoms with E-state index >= 15 is 0 Å². The Bertz CT molecular complexity index is 621. The molecule has 1 aliphatic rings.